The highest BCUT2D eigenvalue weighted by molar-refractivity contribution is 7.15. The summed E-state index contributed by atoms with van der Waals surface area (Å²) >= 11 is 1.42. The van der Waals surface area contributed by atoms with Gasteiger partial charge in [0.1, 0.15) is 0 Å². The highest BCUT2D eigenvalue weighted by Crippen LogP contribution is 2.28. The van der Waals surface area contributed by atoms with Gasteiger partial charge >= 0.3 is 0 Å². The summed E-state index contributed by atoms with van der Waals surface area (Å²) in [6.07, 6.45) is 3.48. The van der Waals surface area contributed by atoms with E-state index in [9.17, 15) is 0 Å². The van der Waals surface area contributed by atoms with Gasteiger partial charge in [0.05, 0.1) is 5.69 Å². The molecule has 0 aliphatic carbocycles. The molecule has 5 heteroatoms. The third-order valence-electron chi connectivity index (χ3n) is 1.83. The van der Waals surface area contributed by atoms with Crippen LogP contribution < -0.4 is 11.5 Å². The molecule has 0 atom stereocenters. The van der Waals surface area contributed by atoms with E-state index >= 15 is 0 Å². The maximum absolute atomic E-state index is 5.62. The Morgan fingerprint density at radius 3 is 2.93 bits per heavy atom. The summed E-state index contributed by atoms with van der Waals surface area (Å²) in [4.78, 5) is 9.25. The molecule has 14 heavy (non-hydrogen) atoms. The maximum Gasteiger partial charge on any atom is 0.180 e. The second kappa shape index (κ2) is 3.73. The Morgan fingerprint density at radius 1 is 1.43 bits per heavy atom. The van der Waals surface area contributed by atoms with E-state index in [0.717, 1.165) is 16.1 Å². The molecular formula is C9H10N4S. The fourth-order valence-corrected chi connectivity index (χ4v) is 1.97. The zero-order valence-electron chi connectivity index (χ0n) is 7.47. The van der Waals surface area contributed by atoms with Crippen LogP contribution in [0.25, 0.3) is 11.3 Å². The molecule has 0 unspecified atom stereocenters. The van der Waals surface area contributed by atoms with Gasteiger partial charge in [-0.2, -0.15) is 0 Å². The average molecular weight is 206 g/mol. The van der Waals surface area contributed by atoms with Crippen molar-refractivity contribution in [2.45, 2.75) is 6.54 Å². The molecule has 0 aromatic carbocycles. The van der Waals surface area contributed by atoms with E-state index in [0.29, 0.717) is 11.7 Å². The van der Waals surface area contributed by atoms with Crippen molar-refractivity contribution in [2.24, 2.45) is 5.73 Å². The zero-order chi connectivity index (χ0) is 9.97. The lowest BCUT2D eigenvalue weighted by atomic mass is 10.2. The predicted octanol–water partition coefficient (Wildman–Crippen LogP) is 1.25. The minimum absolute atomic E-state index is 0.457. The van der Waals surface area contributed by atoms with Crippen LogP contribution in [0.3, 0.4) is 0 Å². The Labute approximate surface area is 85.6 Å². The Hall–Kier alpha value is -1.46. The normalized spacial score (nSPS) is 10.4. The van der Waals surface area contributed by atoms with Crippen molar-refractivity contribution in [3.63, 3.8) is 0 Å². The molecule has 0 bridgehead atoms. The van der Waals surface area contributed by atoms with E-state index < -0.39 is 0 Å². The molecule has 2 heterocycles. The largest absolute Gasteiger partial charge is 0.375 e. The lowest BCUT2D eigenvalue weighted by Crippen LogP contribution is -1.95. The van der Waals surface area contributed by atoms with Crippen LogP contribution in [0.15, 0.2) is 24.5 Å². The van der Waals surface area contributed by atoms with Crippen molar-refractivity contribution in [2.75, 3.05) is 5.73 Å². The summed E-state index contributed by atoms with van der Waals surface area (Å²) in [5, 5.41) is 0.546. The van der Waals surface area contributed by atoms with Crippen molar-refractivity contribution in [3.05, 3.63) is 29.4 Å². The summed E-state index contributed by atoms with van der Waals surface area (Å²) in [7, 11) is 0. The van der Waals surface area contributed by atoms with E-state index in [4.69, 9.17) is 11.5 Å². The fraction of sp³-hybridized carbons (Fsp3) is 0.111. The molecule has 72 valence electrons. The van der Waals surface area contributed by atoms with E-state index in [-0.39, 0.29) is 0 Å². The lowest BCUT2D eigenvalue weighted by molar-refractivity contribution is 1.10. The standard InChI is InChI=1S/C9H10N4S/c10-4-7-8(13-9(11)14-7)6-2-1-3-12-5-6/h1-3,5H,4,10H2,(H2,11,13). The minimum Gasteiger partial charge on any atom is -0.375 e. The number of nitrogens with two attached hydrogens (primary N) is 2. The molecule has 0 aliphatic rings. The van der Waals surface area contributed by atoms with Crippen LogP contribution >= 0.6 is 11.3 Å². The van der Waals surface area contributed by atoms with Crippen molar-refractivity contribution < 1.29 is 0 Å². The quantitative estimate of drug-likeness (QED) is 0.775. The monoisotopic (exact) mass is 206 g/mol. The van der Waals surface area contributed by atoms with Gasteiger partial charge in [-0.1, -0.05) is 0 Å². The van der Waals surface area contributed by atoms with Crippen LogP contribution in [0.2, 0.25) is 0 Å². The van der Waals surface area contributed by atoms with Gasteiger partial charge in [-0.3, -0.25) is 4.98 Å². The highest BCUT2D eigenvalue weighted by Gasteiger charge is 2.09. The summed E-state index contributed by atoms with van der Waals surface area (Å²) < 4.78 is 0. The number of thiazole rings is 1. The van der Waals surface area contributed by atoms with Crippen molar-refractivity contribution in [1.82, 2.24) is 9.97 Å². The van der Waals surface area contributed by atoms with Gasteiger partial charge in [-0.15, -0.1) is 11.3 Å². The third-order valence-corrected chi connectivity index (χ3v) is 2.74. The molecule has 2 aromatic rings. The molecule has 2 aromatic heterocycles. The smallest absolute Gasteiger partial charge is 0.180 e. The first kappa shape index (κ1) is 9.11. The number of aromatic nitrogens is 2. The van der Waals surface area contributed by atoms with Crippen molar-refractivity contribution in [1.29, 1.82) is 0 Å². The molecule has 2 rings (SSSR count). The first-order chi connectivity index (χ1) is 6.81. The zero-order valence-corrected chi connectivity index (χ0v) is 8.29. The first-order valence-corrected chi connectivity index (χ1v) is 4.98. The van der Waals surface area contributed by atoms with Crippen molar-refractivity contribution >= 4 is 16.5 Å². The Morgan fingerprint density at radius 2 is 2.29 bits per heavy atom. The molecular weight excluding hydrogens is 196 g/mol. The minimum atomic E-state index is 0.457. The van der Waals surface area contributed by atoms with Gasteiger partial charge in [0, 0.05) is 29.4 Å². The number of rotatable bonds is 2. The molecule has 0 saturated heterocycles. The van der Waals surface area contributed by atoms with Crippen LogP contribution in [-0.4, -0.2) is 9.97 Å². The van der Waals surface area contributed by atoms with Gasteiger partial charge in [0.2, 0.25) is 0 Å². The highest BCUT2D eigenvalue weighted by atomic mass is 32.1. The summed E-state index contributed by atoms with van der Waals surface area (Å²) in [5.74, 6) is 0. The molecule has 0 spiro atoms. The number of pyridine rings is 1. The summed E-state index contributed by atoms with van der Waals surface area (Å²) in [6.45, 7) is 0.457. The molecule has 0 radical (unpaired) electrons. The Balaban J connectivity index is 2.51. The average Bonchev–Trinajstić information content (AvgIpc) is 2.61. The first-order valence-electron chi connectivity index (χ1n) is 4.17. The second-order valence-corrected chi connectivity index (χ2v) is 3.88. The molecule has 4 nitrogen and oxygen atoms in total. The molecule has 0 amide bonds. The fourth-order valence-electron chi connectivity index (χ4n) is 1.24. The van der Waals surface area contributed by atoms with Crippen LogP contribution in [0.4, 0.5) is 5.13 Å². The topological polar surface area (TPSA) is 77.8 Å². The predicted molar refractivity (Wildman–Crippen MR) is 57.6 cm³/mol. The Bertz CT molecular complexity index is 424. The van der Waals surface area contributed by atoms with E-state index in [1.54, 1.807) is 12.4 Å². The van der Waals surface area contributed by atoms with Crippen LogP contribution in [0.5, 0.6) is 0 Å². The SMILES string of the molecule is NCc1sc(N)nc1-c1cccnc1. The second-order valence-electron chi connectivity index (χ2n) is 2.77. The van der Waals surface area contributed by atoms with E-state index in [2.05, 4.69) is 9.97 Å². The van der Waals surface area contributed by atoms with Gasteiger partial charge in [-0.05, 0) is 12.1 Å². The van der Waals surface area contributed by atoms with Crippen molar-refractivity contribution in [3.8, 4) is 11.3 Å². The number of nitrogen functional groups attached to an aromatic ring is 1. The molecule has 0 saturated carbocycles. The number of hydrogen-bond acceptors (Lipinski definition) is 5. The lowest BCUT2D eigenvalue weighted by Gasteiger charge is -1.97. The van der Waals surface area contributed by atoms with Crippen LogP contribution in [0.1, 0.15) is 4.88 Å². The number of anilines is 1. The molecule has 4 N–H and O–H groups in total. The third kappa shape index (κ3) is 1.59. The van der Waals surface area contributed by atoms with Gasteiger partial charge < -0.3 is 11.5 Å². The van der Waals surface area contributed by atoms with Gasteiger partial charge in [0.25, 0.3) is 0 Å². The van der Waals surface area contributed by atoms with E-state index in [1.807, 2.05) is 12.1 Å². The summed E-state index contributed by atoms with van der Waals surface area (Å²) in [5.41, 5.74) is 13.0. The van der Waals surface area contributed by atoms with Gasteiger partial charge in [0.15, 0.2) is 5.13 Å². The molecule has 0 aliphatic heterocycles. The van der Waals surface area contributed by atoms with E-state index in [1.165, 1.54) is 11.3 Å². The van der Waals surface area contributed by atoms with Crippen LogP contribution in [0, 0.1) is 0 Å². The van der Waals surface area contributed by atoms with Crippen LogP contribution in [-0.2, 0) is 6.54 Å². The number of nitrogens with zero attached hydrogens (tertiary/aromatic N) is 2. The molecule has 0 fully saturated rings. The number of hydrogen-bond donors (Lipinski definition) is 2. The van der Waals surface area contributed by atoms with Gasteiger partial charge in [-0.25, -0.2) is 4.98 Å². The summed E-state index contributed by atoms with van der Waals surface area (Å²) in [6, 6.07) is 3.81. The Kier molecular flexibility index (Phi) is 2.43. The maximum atomic E-state index is 5.62.